The van der Waals surface area contributed by atoms with Crippen molar-refractivity contribution in [2.75, 3.05) is 18.2 Å². The average molecular weight is 493 g/mol. The van der Waals surface area contributed by atoms with Crippen LogP contribution in [0.2, 0.25) is 0 Å². The van der Waals surface area contributed by atoms with Crippen molar-refractivity contribution in [3.05, 3.63) is 92.0 Å². The highest BCUT2D eigenvalue weighted by atomic mass is 32.2. The fourth-order valence-electron chi connectivity index (χ4n) is 3.68. The summed E-state index contributed by atoms with van der Waals surface area (Å²) in [4.78, 5) is 40.8. The van der Waals surface area contributed by atoms with Gasteiger partial charge in [-0.25, -0.2) is 4.79 Å². The summed E-state index contributed by atoms with van der Waals surface area (Å²) >= 11 is 1.23. The number of aromatic amines is 2. The molecular weight excluding hydrogens is 468 g/mol. The minimum atomic E-state index is -0.599. The first-order chi connectivity index (χ1) is 16.8. The van der Waals surface area contributed by atoms with Gasteiger partial charge in [-0.1, -0.05) is 23.9 Å². The Morgan fingerprint density at radius 3 is 2.54 bits per heavy atom. The van der Waals surface area contributed by atoms with E-state index < -0.39 is 11.2 Å². The normalized spacial score (nSPS) is 10.8. The van der Waals surface area contributed by atoms with Gasteiger partial charge in [-0.15, -0.1) is 10.2 Å². The van der Waals surface area contributed by atoms with E-state index in [0.29, 0.717) is 28.1 Å². The number of H-pyrrole nitrogens is 2. The van der Waals surface area contributed by atoms with Gasteiger partial charge in [0, 0.05) is 29.9 Å². The van der Waals surface area contributed by atoms with Crippen molar-refractivity contribution in [1.29, 1.82) is 0 Å². The Morgan fingerprint density at radius 2 is 1.83 bits per heavy atom. The number of hydrogen-bond acceptors (Lipinski definition) is 7. The number of rotatable bonds is 8. The van der Waals surface area contributed by atoms with Crippen LogP contribution in [0.3, 0.4) is 0 Å². The van der Waals surface area contributed by atoms with Crippen LogP contribution in [0.1, 0.15) is 22.6 Å². The van der Waals surface area contributed by atoms with E-state index in [1.807, 2.05) is 56.3 Å². The molecule has 10 nitrogen and oxygen atoms in total. The molecule has 0 aliphatic rings. The maximum Gasteiger partial charge on any atom is 0.325 e. The summed E-state index contributed by atoms with van der Waals surface area (Å²) in [5, 5.41) is 11.9. The number of nitrogens with zero attached hydrogens (tertiary/aromatic N) is 3. The zero-order valence-corrected chi connectivity index (χ0v) is 20.2. The maximum atomic E-state index is 12.6. The van der Waals surface area contributed by atoms with E-state index in [4.69, 9.17) is 4.74 Å². The lowest BCUT2D eigenvalue weighted by Gasteiger charge is -2.12. The quantitative estimate of drug-likeness (QED) is 0.322. The first kappa shape index (κ1) is 24.0. The molecule has 1 amide bonds. The number of aryl methyl sites for hydroxylation is 2. The molecule has 0 bridgehead atoms. The largest absolute Gasteiger partial charge is 0.497 e. The lowest BCUT2D eigenvalue weighted by atomic mass is 10.1. The van der Waals surface area contributed by atoms with Crippen molar-refractivity contribution >= 4 is 23.4 Å². The van der Waals surface area contributed by atoms with Crippen molar-refractivity contribution < 1.29 is 9.53 Å². The molecule has 0 aliphatic carbocycles. The van der Waals surface area contributed by atoms with E-state index in [9.17, 15) is 14.4 Å². The molecule has 4 aromatic rings. The summed E-state index contributed by atoms with van der Waals surface area (Å²) < 4.78 is 7.12. The second kappa shape index (κ2) is 10.4. The van der Waals surface area contributed by atoms with Gasteiger partial charge >= 0.3 is 5.69 Å². The molecule has 0 fully saturated rings. The maximum absolute atomic E-state index is 12.6. The molecule has 0 spiro atoms. The van der Waals surface area contributed by atoms with Crippen molar-refractivity contribution in [3.63, 3.8) is 0 Å². The predicted octanol–water partition coefficient (Wildman–Crippen LogP) is 2.59. The topological polar surface area (TPSA) is 135 Å². The summed E-state index contributed by atoms with van der Waals surface area (Å²) in [5.41, 5.74) is 2.86. The van der Waals surface area contributed by atoms with Crippen molar-refractivity contribution in [2.45, 2.75) is 25.4 Å². The Balaban J connectivity index is 1.61. The van der Waals surface area contributed by atoms with Crippen LogP contribution in [0.4, 0.5) is 5.69 Å². The summed E-state index contributed by atoms with van der Waals surface area (Å²) in [6.07, 6.45) is 0.151. The van der Waals surface area contributed by atoms with Gasteiger partial charge in [0.05, 0.1) is 18.6 Å². The Bertz CT molecular complexity index is 1440. The van der Waals surface area contributed by atoms with Crippen molar-refractivity contribution in [2.24, 2.45) is 0 Å². The first-order valence-corrected chi connectivity index (χ1v) is 11.7. The molecule has 35 heavy (non-hydrogen) atoms. The minimum Gasteiger partial charge on any atom is -0.497 e. The van der Waals surface area contributed by atoms with E-state index in [1.165, 1.54) is 17.8 Å². The van der Waals surface area contributed by atoms with Gasteiger partial charge in [0.1, 0.15) is 11.6 Å². The number of methoxy groups -OCH3 is 1. The van der Waals surface area contributed by atoms with Crippen LogP contribution in [0, 0.1) is 13.8 Å². The van der Waals surface area contributed by atoms with Crippen molar-refractivity contribution in [1.82, 2.24) is 24.7 Å². The molecule has 180 valence electrons. The van der Waals surface area contributed by atoms with Crippen LogP contribution in [0.25, 0.3) is 5.69 Å². The SMILES string of the molecule is COc1cccc(-n2c(Cc3cc(=O)[nH]c(=O)[nH]3)nnc2SCC(=O)Nc2cc(C)cc(C)c2)c1. The minimum absolute atomic E-state index is 0.108. The smallest absolute Gasteiger partial charge is 0.325 e. The summed E-state index contributed by atoms with van der Waals surface area (Å²) in [6, 6.07) is 14.5. The molecule has 2 aromatic carbocycles. The summed E-state index contributed by atoms with van der Waals surface area (Å²) in [5.74, 6) is 1.05. The predicted molar refractivity (Wildman–Crippen MR) is 134 cm³/mol. The third-order valence-electron chi connectivity index (χ3n) is 5.01. The van der Waals surface area contributed by atoms with Gasteiger partial charge < -0.3 is 15.0 Å². The molecular formula is C24H24N6O4S. The van der Waals surface area contributed by atoms with Crippen LogP contribution < -0.4 is 21.3 Å². The second-order valence-electron chi connectivity index (χ2n) is 7.94. The van der Waals surface area contributed by atoms with E-state index >= 15 is 0 Å². The van der Waals surface area contributed by atoms with E-state index in [-0.39, 0.29) is 18.1 Å². The molecule has 0 atom stereocenters. The highest BCUT2D eigenvalue weighted by Gasteiger charge is 2.18. The van der Waals surface area contributed by atoms with E-state index in [0.717, 1.165) is 16.8 Å². The zero-order chi connectivity index (χ0) is 24.9. The number of ether oxygens (including phenoxy) is 1. The second-order valence-corrected chi connectivity index (χ2v) is 8.88. The molecule has 3 N–H and O–H groups in total. The molecule has 2 aromatic heterocycles. The molecule has 0 aliphatic heterocycles. The van der Waals surface area contributed by atoms with Gasteiger partial charge in [0.25, 0.3) is 5.56 Å². The monoisotopic (exact) mass is 492 g/mol. The van der Waals surface area contributed by atoms with Crippen LogP contribution in [-0.4, -0.2) is 43.5 Å². The number of benzene rings is 2. The van der Waals surface area contributed by atoms with Gasteiger partial charge in [-0.3, -0.25) is 19.1 Å². The lowest BCUT2D eigenvalue weighted by molar-refractivity contribution is -0.113. The number of carbonyl (C=O) groups excluding carboxylic acids is 1. The fourth-order valence-corrected chi connectivity index (χ4v) is 4.45. The molecule has 0 radical (unpaired) electrons. The average Bonchev–Trinajstić information content (AvgIpc) is 3.18. The number of anilines is 1. The molecule has 11 heteroatoms. The number of aromatic nitrogens is 5. The Morgan fingerprint density at radius 1 is 1.06 bits per heavy atom. The summed E-state index contributed by atoms with van der Waals surface area (Å²) in [7, 11) is 1.57. The van der Waals surface area contributed by atoms with E-state index in [1.54, 1.807) is 11.7 Å². The lowest BCUT2D eigenvalue weighted by Crippen LogP contribution is -2.23. The standard InChI is InChI=1S/C24H24N6O4S/c1-14-7-15(2)9-16(8-14)25-22(32)13-35-24-29-28-20(10-17-11-21(31)27-23(33)26-17)30(24)18-5-4-6-19(12-18)34-3/h4-9,11-12H,10,13H2,1-3H3,(H,25,32)(H2,26,27,31,33). The first-order valence-electron chi connectivity index (χ1n) is 10.7. The number of carbonyl (C=O) groups is 1. The third-order valence-corrected chi connectivity index (χ3v) is 5.94. The van der Waals surface area contributed by atoms with Crippen LogP contribution in [0.15, 0.2) is 63.3 Å². The number of amides is 1. The summed E-state index contributed by atoms with van der Waals surface area (Å²) in [6.45, 7) is 3.95. The van der Waals surface area contributed by atoms with Gasteiger partial charge in [-0.05, 0) is 49.2 Å². The molecule has 0 saturated heterocycles. The zero-order valence-electron chi connectivity index (χ0n) is 19.4. The van der Waals surface area contributed by atoms with Crippen LogP contribution in [0.5, 0.6) is 5.75 Å². The van der Waals surface area contributed by atoms with Crippen LogP contribution >= 0.6 is 11.8 Å². The van der Waals surface area contributed by atoms with Crippen LogP contribution in [-0.2, 0) is 11.2 Å². The molecule has 4 rings (SSSR count). The Hall–Kier alpha value is -4.12. The van der Waals surface area contributed by atoms with Crippen molar-refractivity contribution in [3.8, 4) is 11.4 Å². The highest BCUT2D eigenvalue weighted by molar-refractivity contribution is 7.99. The van der Waals surface area contributed by atoms with E-state index in [2.05, 4.69) is 25.5 Å². The van der Waals surface area contributed by atoms with Gasteiger partial charge in [0.15, 0.2) is 5.16 Å². The molecule has 0 unspecified atom stereocenters. The number of thioether (sulfide) groups is 1. The number of hydrogen-bond donors (Lipinski definition) is 3. The highest BCUT2D eigenvalue weighted by Crippen LogP contribution is 2.26. The number of nitrogens with one attached hydrogen (secondary N) is 3. The van der Waals surface area contributed by atoms with Gasteiger partial charge in [0.2, 0.25) is 5.91 Å². The fraction of sp³-hybridized carbons (Fsp3) is 0.208. The Labute approximate surface area is 204 Å². The third kappa shape index (κ3) is 6.07. The molecule has 0 saturated carbocycles. The molecule has 2 heterocycles. The van der Waals surface area contributed by atoms with Gasteiger partial charge in [-0.2, -0.15) is 0 Å². The Kier molecular flexibility index (Phi) is 7.16.